The zero-order chi connectivity index (χ0) is 12.7. The summed E-state index contributed by atoms with van der Waals surface area (Å²) in [6.45, 7) is 5.29. The first-order valence-corrected chi connectivity index (χ1v) is 6.26. The van der Waals surface area contributed by atoms with E-state index in [-0.39, 0.29) is 30.3 Å². The number of methoxy groups -OCH3 is 1. The molecule has 0 bridgehead atoms. The van der Waals surface area contributed by atoms with Gasteiger partial charge in [0.2, 0.25) is 0 Å². The van der Waals surface area contributed by atoms with E-state index < -0.39 is 0 Å². The molecule has 100 valence electrons. The molecule has 2 aliphatic heterocycles. The Morgan fingerprint density at radius 1 is 1.28 bits per heavy atom. The number of tetrazole rings is 1. The summed E-state index contributed by atoms with van der Waals surface area (Å²) in [7, 11) is 1.68. The molecule has 18 heavy (non-hydrogen) atoms. The third-order valence-electron chi connectivity index (χ3n) is 3.63. The Labute approximate surface area is 105 Å². The second-order valence-electron chi connectivity index (χ2n) is 5.07. The van der Waals surface area contributed by atoms with Crippen LogP contribution in [0, 0.1) is 0 Å². The van der Waals surface area contributed by atoms with Gasteiger partial charge in [0.15, 0.2) is 5.82 Å². The Morgan fingerprint density at radius 2 is 2.06 bits per heavy atom. The zero-order valence-electron chi connectivity index (χ0n) is 10.8. The Bertz CT molecular complexity index is 422. The third-order valence-corrected chi connectivity index (χ3v) is 3.63. The van der Waals surface area contributed by atoms with Gasteiger partial charge in [-0.2, -0.15) is 0 Å². The average molecular weight is 254 g/mol. The minimum atomic E-state index is -0.0176. The molecule has 0 spiro atoms. The number of aromatic nitrogens is 4. The fourth-order valence-electron chi connectivity index (χ4n) is 2.67. The van der Waals surface area contributed by atoms with E-state index in [1.807, 2.05) is 4.68 Å². The molecular formula is C11H18N4O3. The van der Waals surface area contributed by atoms with Crippen molar-refractivity contribution in [3.63, 3.8) is 0 Å². The van der Waals surface area contributed by atoms with Crippen LogP contribution in [-0.2, 0) is 14.2 Å². The van der Waals surface area contributed by atoms with Gasteiger partial charge >= 0.3 is 0 Å². The summed E-state index contributed by atoms with van der Waals surface area (Å²) in [6.07, 6.45) is -0.0147. The number of hydrogen-bond donors (Lipinski definition) is 0. The fourth-order valence-corrected chi connectivity index (χ4v) is 2.67. The Balaban J connectivity index is 1.84. The van der Waals surface area contributed by atoms with E-state index in [0.29, 0.717) is 13.2 Å². The fraction of sp³-hybridized carbons (Fsp3) is 0.909. The molecule has 3 heterocycles. The molecule has 2 aliphatic rings. The monoisotopic (exact) mass is 254 g/mol. The summed E-state index contributed by atoms with van der Waals surface area (Å²) in [5.74, 6) is 1.15. The number of nitrogens with zero attached hydrogens (tertiary/aromatic N) is 4. The van der Waals surface area contributed by atoms with Gasteiger partial charge in [-0.3, -0.25) is 0 Å². The maximum Gasteiger partial charge on any atom is 0.154 e. The van der Waals surface area contributed by atoms with Crippen molar-refractivity contribution in [1.29, 1.82) is 0 Å². The molecular weight excluding hydrogens is 236 g/mol. The summed E-state index contributed by atoms with van der Waals surface area (Å²) in [5.41, 5.74) is 0. The number of ether oxygens (including phenoxy) is 3. The first-order valence-electron chi connectivity index (χ1n) is 6.26. The van der Waals surface area contributed by atoms with Crippen molar-refractivity contribution >= 4 is 0 Å². The lowest BCUT2D eigenvalue weighted by Crippen LogP contribution is -2.32. The number of rotatable bonds is 3. The summed E-state index contributed by atoms with van der Waals surface area (Å²) < 4.78 is 18.8. The topological polar surface area (TPSA) is 71.3 Å². The quantitative estimate of drug-likeness (QED) is 0.764. The highest BCUT2D eigenvalue weighted by atomic mass is 16.6. The van der Waals surface area contributed by atoms with Crippen molar-refractivity contribution < 1.29 is 14.2 Å². The largest absolute Gasteiger partial charge is 0.376 e. The SMILES string of the molecule is CO[C@@H]1CO[C@H]2[C@@H]1OC[C@@H]2n1nnnc1C(C)C. The van der Waals surface area contributed by atoms with Crippen LogP contribution in [0.15, 0.2) is 0 Å². The van der Waals surface area contributed by atoms with E-state index in [1.54, 1.807) is 7.11 Å². The van der Waals surface area contributed by atoms with Crippen LogP contribution in [-0.4, -0.2) is 58.8 Å². The van der Waals surface area contributed by atoms with Crippen LogP contribution in [0.5, 0.6) is 0 Å². The first kappa shape index (κ1) is 12.0. The third kappa shape index (κ3) is 1.73. The lowest BCUT2D eigenvalue weighted by atomic mass is 10.1. The second-order valence-corrected chi connectivity index (χ2v) is 5.07. The number of fused-ring (bicyclic) bond motifs is 1. The van der Waals surface area contributed by atoms with E-state index in [2.05, 4.69) is 29.4 Å². The first-order chi connectivity index (χ1) is 8.72. The van der Waals surface area contributed by atoms with Gasteiger partial charge in [-0.1, -0.05) is 13.8 Å². The van der Waals surface area contributed by atoms with Crippen LogP contribution >= 0.6 is 0 Å². The van der Waals surface area contributed by atoms with Crippen molar-refractivity contribution in [1.82, 2.24) is 20.2 Å². The molecule has 0 N–H and O–H groups in total. The van der Waals surface area contributed by atoms with Crippen molar-refractivity contribution in [3.8, 4) is 0 Å². The molecule has 1 aromatic rings. The summed E-state index contributed by atoms with van der Waals surface area (Å²) in [5, 5.41) is 11.9. The van der Waals surface area contributed by atoms with Crippen molar-refractivity contribution in [2.75, 3.05) is 20.3 Å². The predicted molar refractivity (Wildman–Crippen MR) is 61.2 cm³/mol. The van der Waals surface area contributed by atoms with Gasteiger partial charge in [0.05, 0.1) is 13.2 Å². The normalized spacial score (nSPS) is 35.3. The van der Waals surface area contributed by atoms with Crippen molar-refractivity contribution in [2.45, 2.75) is 44.1 Å². The molecule has 0 aliphatic carbocycles. The van der Waals surface area contributed by atoms with Gasteiger partial charge in [0, 0.05) is 13.0 Å². The predicted octanol–water partition coefficient (Wildman–Crippen LogP) is 0.150. The molecule has 3 rings (SSSR count). The maximum absolute atomic E-state index is 5.79. The maximum atomic E-state index is 5.79. The van der Waals surface area contributed by atoms with Gasteiger partial charge < -0.3 is 14.2 Å². The van der Waals surface area contributed by atoms with E-state index >= 15 is 0 Å². The summed E-state index contributed by atoms with van der Waals surface area (Å²) in [4.78, 5) is 0. The van der Waals surface area contributed by atoms with Crippen LogP contribution in [0.25, 0.3) is 0 Å². The van der Waals surface area contributed by atoms with Crippen LogP contribution in [0.3, 0.4) is 0 Å². The smallest absolute Gasteiger partial charge is 0.154 e. The van der Waals surface area contributed by atoms with Gasteiger partial charge in [0.25, 0.3) is 0 Å². The average Bonchev–Trinajstić information content (AvgIpc) is 3.03. The zero-order valence-corrected chi connectivity index (χ0v) is 10.8. The van der Waals surface area contributed by atoms with Crippen LogP contribution in [0.2, 0.25) is 0 Å². The molecule has 7 nitrogen and oxygen atoms in total. The Hall–Kier alpha value is -1.05. The minimum Gasteiger partial charge on any atom is -0.376 e. The Morgan fingerprint density at radius 3 is 2.78 bits per heavy atom. The minimum absolute atomic E-state index is 0.00999. The van der Waals surface area contributed by atoms with Crippen molar-refractivity contribution in [2.24, 2.45) is 0 Å². The molecule has 1 aromatic heterocycles. The number of hydrogen-bond acceptors (Lipinski definition) is 6. The van der Waals surface area contributed by atoms with Crippen LogP contribution in [0.4, 0.5) is 0 Å². The molecule has 2 fully saturated rings. The van der Waals surface area contributed by atoms with Crippen LogP contribution < -0.4 is 0 Å². The van der Waals surface area contributed by atoms with Gasteiger partial charge in [-0.25, -0.2) is 4.68 Å². The van der Waals surface area contributed by atoms with E-state index in [0.717, 1.165) is 5.82 Å². The summed E-state index contributed by atoms with van der Waals surface area (Å²) in [6, 6.07) is 0.0440. The van der Waals surface area contributed by atoms with Gasteiger partial charge in [-0.05, 0) is 10.4 Å². The van der Waals surface area contributed by atoms with Crippen LogP contribution in [0.1, 0.15) is 31.6 Å². The Kier molecular flexibility index (Phi) is 3.04. The van der Waals surface area contributed by atoms with Gasteiger partial charge in [-0.15, -0.1) is 5.10 Å². The highest BCUT2D eigenvalue weighted by Gasteiger charge is 2.49. The molecule has 7 heteroatoms. The summed E-state index contributed by atoms with van der Waals surface area (Å²) >= 11 is 0. The molecule has 2 saturated heterocycles. The van der Waals surface area contributed by atoms with E-state index in [4.69, 9.17) is 14.2 Å². The lowest BCUT2D eigenvalue weighted by molar-refractivity contribution is -0.00917. The van der Waals surface area contributed by atoms with E-state index in [1.165, 1.54) is 0 Å². The highest BCUT2D eigenvalue weighted by Crippen LogP contribution is 2.35. The lowest BCUT2D eigenvalue weighted by Gasteiger charge is -2.18. The molecule has 0 unspecified atom stereocenters. The van der Waals surface area contributed by atoms with Crippen molar-refractivity contribution in [3.05, 3.63) is 5.82 Å². The molecule has 0 saturated carbocycles. The molecule has 0 amide bonds. The molecule has 4 atom stereocenters. The molecule has 0 aromatic carbocycles. The van der Waals surface area contributed by atoms with E-state index in [9.17, 15) is 0 Å². The highest BCUT2D eigenvalue weighted by molar-refractivity contribution is 5.01. The molecule has 0 radical (unpaired) electrons. The standard InChI is InChI=1S/C11H18N4O3/c1-6(2)11-12-13-14-15(11)7-4-17-10-8(16-3)5-18-9(7)10/h6-10H,4-5H2,1-3H3/t7-,8+,9+,10+/m0/s1. The second kappa shape index (κ2) is 4.56. The van der Waals surface area contributed by atoms with Gasteiger partial charge in [0.1, 0.15) is 24.4 Å².